The second-order valence-electron chi connectivity index (χ2n) is 12.5. The molecule has 1 amide bonds. The lowest BCUT2D eigenvalue weighted by atomic mass is 9.92. The predicted octanol–water partition coefficient (Wildman–Crippen LogP) is 5.86. The molecule has 1 N–H and O–H groups in total. The van der Waals surface area contributed by atoms with E-state index >= 15 is 0 Å². The van der Waals surface area contributed by atoms with Gasteiger partial charge in [-0.15, -0.1) is 11.3 Å². The Balaban J connectivity index is 1.09. The van der Waals surface area contributed by atoms with Gasteiger partial charge in [-0.1, -0.05) is 12.1 Å². The summed E-state index contributed by atoms with van der Waals surface area (Å²) < 4.78 is 21.8. The molecule has 44 heavy (non-hydrogen) atoms. The Morgan fingerprint density at radius 2 is 1.80 bits per heavy atom. The van der Waals surface area contributed by atoms with Crippen LogP contribution in [0.2, 0.25) is 0 Å². The molecule has 0 bridgehead atoms. The first-order chi connectivity index (χ1) is 21.2. The standard InChI is InChI=1S/C34H37FN4O4S/c1-34(2,21-40)33(42)39-13-11-38(12-14-39)20-24-5-7-27(37-19-24)31-18-28-32(44-31)30(9-10-36-28)43-29-8-6-23(17-26(29)35)16-25(41)15-22-3-4-22/h5-10,17-19,22,40H,3-4,11-16,20-21H2,1-2H3. The lowest BCUT2D eigenvalue weighted by Crippen LogP contribution is -2.52. The zero-order chi connectivity index (χ0) is 30.8. The van der Waals surface area contributed by atoms with E-state index in [1.807, 2.05) is 23.2 Å². The van der Waals surface area contributed by atoms with Gasteiger partial charge in [0, 0.05) is 64.0 Å². The van der Waals surface area contributed by atoms with Crippen LogP contribution in [-0.2, 0) is 22.6 Å². The first-order valence-corrected chi connectivity index (χ1v) is 15.9. The number of carbonyl (C=O) groups is 2. The van der Waals surface area contributed by atoms with E-state index in [4.69, 9.17) is 9.72 Å². The quantitative estimate of drug-likeness (QED) is 0.225. The van der Waals surface area contributed by atoms with Crippen LogP contribution < -0.4 is 4.74 Å². The first kappa shape index (κ1) is 30.3. The Morgan fingerprint density at radius 3 is 2.48 bits per heavy atom. The van der Waals surface area contributed by atoms with Crippen LogP contribution in [0.5, 0.6) is 11.5 Å². The molecule has 1 saturated heterocycles. The number of nitrogens with zero attached hydrogens (tertiary/aromatic N) is 4. The van der Waals surface area contributed by atoms with Crippen LogP contribution in [0.15, 0.2) is 54.9 Å². The van der Waals surface area contributed by atoms with E-state index < -0.39 is 11.2 Å². The lowest BCUT2D eigenvalue weighted by Gasteiger charge is -2.38. The number of benzene rings is 1. The van der Waals surface area contributed by atoms with Gasteiger partial charge in [-0.05, 0) is 68.0 Å². The fourth-order valence-electron chi connectivity index (χ4n) is 5.45. The van der Waals surface area contributed by atoms with E-state index in [1.165, 1.54) is 17.4 Å². The molecular formula is C34H37FN4O4S. The molecule has 4 aromatic rings. The van der Waals surface area contributed by atoms with Crippen molar-refractivity contribution in [2.45, 2.75) is 46.1 Å². The fraction of sp³-hybridized carbons (Fsp3) is 0.412. The summed E-state index contributed by atoms with van der Waals surface area (Å²) in [4.78, 5) is 39.1. The molecule has 2 fully saturated rings. The Kier molecular flexibility index (Phi) is 8.75. The molecule has 1 aliphatic heterocycles. The molecule has 0 radical (unpaired) electrons. The van der Waals surface area contributed by atoms with E-state index in [0.717, 1.165) is 58.8 Å². The van der Waals surface area contributed by atoms with E-state index in [-0.39, 0.29) is 30.5 Å². The van der Waals surface area contributed by atoms with Crippen molar-refractivity contribution >= 4 is 33.2 Å². The largest absolute Gasteiger partial charge is 0.453 e. The van der Waals surface area contributed by atoms with Crippen molar-refractivity contribution in [2.75, 3.05) is 32.8 Å². The molecule has 4 heterocycles. The van der Waals surface area contributed by atoms with Gasteiger partial charge >= 0.3 is 0 Å². The monoisotopic (exact) mass is 616 g/mol. The number of aromatic nitrogens is 2. The molecule has 8 nitrogen and oxygen atoms in total. The summed E-state index contributed by atoms with van der Waals surface area (Å²) in [5, 5.41) is 9.53. The molecule has 2 aliphatic rings. The van der Waals surface area contributed by atoms with Gasteiger partial charge in [0.15, 0.2) is 11.6 Å². The van der Waals surface area contributed by atoms with E-state index in [0.29, 0.717) is 36.7 Å². The third kappa shape index (κ3) is 6.98. The number of Topliss-reactive ketones (excluding diaryl/α,β-unsaturated/α-hetero) is 1. The van der Waals surface area contributed by atoms with Crippen LogP contribution in [0.3, 0.4) is 0 Å². The van der Waals surface area contributed by atoms with Gasteiger partial charge in [-0.3, -0.25) is 24.5 Å². The zero-order valence-corrected chi connectivity index (χ0v) is 25.9. The summed E-state index contributed by atoms with van der Waals surface area (Å²) >= 11 is 1.49. The molecule has 1 aromatic carbocycles. The summed E-state index contributed by atoms with van der Waals surface area (Å²) in [6.45, 7) is 6.94. The van der Waals surface area contributed by atoms with Crippen LogP contribution in [0, 0.1) is 17.2 Å². The molecule has 0 atom stereocenters. The van der Waals surface area contributed by atoms with Crippen molar-refractivity contribution in [3.63, 3.8) is 0 Å². The van der Waals surface area contributed by atoms with Crippen molar-refractivity contribution in [1.29, 1.82) is 0 Å². The van der Waals surface area contributed by atoms with Crippen LogP contribution >= 0.6 is 11.3 Å². The molecule has 6 rings (SSSR count). The topological polar surface area (TPSA) is 95.9 Å². The molecule has 3 aromatic heterocycles. The highest BCUT2D eigenvalue weighted by atomic mass is 32.1. The van der Waals surface area contributed by atoms with Crippen molar-refractivity contribution in [2.24, 2.45) is 11.3 Å². The summed E-state index contributed by atoms with van der Waals surface area (Å²) in [5.41, 5.74) is 2.55. The summed E-state index contributed by atoms with van der Waals surface area (Å²) in [6, 6.07) is 12.5. The molecule has 0 spiro atoms. The van der Waals surface area contributed by atoms with Crippen LogP contribution in [0.1, 0.15) is 44.2 Å². The number of thiophene rings is 1. The lowest BCUT2D eigenvalue weighted by molar-refractivity contribution is -0.144. The number of ketones is 1. The highest BCUT2D eigenvalue weighted by molar-refractivity contribution is 7.22. The third-order valence-electron chi connectivity index (χ3n) is 8.32. The average molecular weight is 617 g/mol. The number of aliphatic hydroxyl groups is 1. The normalized spacial score (nSPS) is 16.0. The van der Waals surface area contributed by atoms with Gasteiger partial charge in [0.1, 0.15) is 11.5 Å². The van der Waals surface area contributed by atoms with Gasteiger partial charge in [0.25, 0.3) is 0 Å². The fourth-order valence-corrected chi connectivity index (χ4v) is 6.49. The number of rotatable bonds is 11. The average Bonchev–Trinajstić information content (AvgIpc) is 3.72. The van der Waals surface area contributed by atoms with E-state index in [9.17, 15) is 19.1 Å². The molecule has 1 aliphatic carbocycles. The number of fused-ring (bicyclic) bond motifs is 1. The van der Waals surface area contributed by atoms with Crippen molar-refractivity contribution in [3.8, 4) is 22.1 Å². The number of ether oxygens (including phenoxy) is 1. The highest BCUT2D eigenvalue weighted by Crippen LogP contribution is 2.39. The van der Waals surface area contributed by atoms with Gasteiger partial charge < -0.3 is 14.7 Å². The maximum Gasteiger partial charge on any atom is 0.230 e. The predicted molar refractivity (Wildman–Crippen MR) is 168 cm³/mol. The van der Waals surface area contributed by atoms with E-state index in [1.54, 1.807) is 38.2 Å². The molecule has 1 saturated carbocycles. The number of amides is 1. The van der Waals surface area contributed by atoms with Gasteiger partial charge in [-0.25, -0.2) is 4.39 Å². The summed E-state index contributed by atoms with van der Waals surface area (Å²) in [6.07, 6.45) is 6.59. The maximum atomic E-state index is 15.0. The molecule has 0 unspecified atom stereocenters. The van der Waals surface area contributed by atoms with Gasteiger partial charge in [0.2, 0.25) is 5.91 Å². The highest BCUT2D eigenvalue weighted by Gasteiger charge is 2.33. The number of piperazine rings is 1. The SMILES string of the molecule is CC(C)(CO)C(=O)N1CCN(Cc2ccc(-c3cc4nccc(Oc5ccc(CC(=O)CC6CC6)cc5F)c4s3)nc2)CC1. The van der Waals surface area contributed by atoms with Gasteiger partial charge in [-0.2, -0.15) is 0 Å². The van der Waals surface area contributed by atoms with Crippen LogP contribution in [-0.4, -0.2) is 69.4 Å². The van der Waals surface area contributed by atoms with Crippen LogP contribution in [0.4, 0.5) is 4.39 Å². The first-order valence-electron chi connectivity index (χ1n) is 15.1. The molecular weight excluding hydrogens is 579 g/mol. The molecule has 10 heteroatoms. The second kappa shape index (κ2) is 12.7. The number of halogens is 1. The minimum Gasteiger partial charge on any atom is -0.453 e. The number of aliphatic hydroxyl groups excluding tert-OH is 1. The van der Waals surface area contributed by atoms with Crippen molar-refractivity contribution in [1.82, 2.24) is 19.8 Å². The minimum absolute atomic E-state index is 0.00724. The Labute approximate surface area is 260 Å². The van der Waals surface area contributed by atoms with Crippen LogP contribution in [0.25, 0.3) is 20.8 Å². The smallest absolute Gasteiger partial charge is 0.230 e. The zero-order valence-electron chi connectivity index (χ0n) is 25.1. The number of hydrogen-bond acceptors (Lipinski definition) is 8. The van der Waals surface area contributed by atoms with Gasteiger partial charge in [0.05, 0.1) is 32.8 Å². The molecule has 230 valence electrons. The number of pyridine rings is 2. The Morgan fingerprint density at radius 1 is 1.02 bits per heavy atom. The Bertz CT molecular complexity index is 1660. The maximum absolute atomic E-state index is 15.0. The number of carbonyl (C=O) groups excluding carboxylic acids is 2. The summed E-state index contributed by atoms with van der Waals surface area (Å²) in [7, 11) is 0. The minimum atomic E-state index is -0.754. The second-order valence-corrected chi connectivity index (χ2v) is 13.6. The summed E-state index contributed by atoms with van der Waals surface area (Å²) in [5.74, 6) is 0.786. The van der Waals surface area contributed by atoms with Crippen molar-refractivity contribution < 1.29 is 23.8 Å². The van der Waals surface area contributed by atoms with E-state index in [2.05, 4.69) is 16.0 Å². The Hall–Kier alpha value is -3.73. The third-order valence-corrected chi connectivity index (χ3v) is 9.49. The number of hydrogen-bond donors (Lipinski definition) is 1. The van der Waals surface area contributed by atoms with Crippen molar-refractivity contribution in [3.05, 3.63) is 71.8 Å².